The molecule has 0 aliphatic heterocycles. The fourth-order valence-electron chi connectivity index (χ4n) is 3.61. The zero-order valence-electron chi connectivity index (χ0n) is 14.9. The topological polar surface area (TPSA) is 82.2 Å². The average Bonchev–Trinajstić information content (AvgIpc) is 3.03. The van der Waals surface area contributed by atoms with Gasteiger partial charge in [0.05, 0.1) is 0 Å². The van der Waals surface area contributed by atoms with Crippen LogP contribution in [0.5, 0.6) is 0 Å². The first-order chi connectivity index (χ1) is 13.1. The van der Waals surface area contributed by atoms with Crippen LogP contribution in [0.1, 0.15) is 46.7 Å². The van der Waals surface area contributed by atoms with Gasteiger partial charge in [-0.2, -0.15) is 0 Å². The van der Waals surface area contributed by atoms with Crippen molar-refractivity contribution < 1.29 is 14.7 Å². The summed E-state index contributed by atoms with van der Waals surface area (Å²) in [5, 5.41) is 13.2. The predicted octanol–water partition coefficient (Wildman–Crippen LogP) is 3.86. The monoisotopic (exact) mass is 362 g/mol. The summed E-state index contributed by atoms with van der Waals surface area (Å²) in [6, 6.07) is 14.3. The molecule has 1 amide bonds. The van der Waals surface area contributed by atoms with Crippen LogP contribution in [-0.2, 0) is 11.2 Å². The van der Waals surface area contributed by atoms with Gasteiger partial charge in [-0.15, -0.1) is 0 Å². The number of benzene rings is 2. The molecule has 0 saturated heterocycles. The summed E-state index contributed by atoms with van der Waals surface area (Å²) in [5.74, 6) is -0.794. The van der Waals surface area contributed by atoms with Gasteiger partial charge in [0.15, 0.2) is 0 Å². The van der Waals surface area contributed by atoms with E-state index in [1.54, 1.807) is 18.3 Å². The third-order valence-electron chi connectivity index (χ3n) is 5.45. The van der Waals surface area contributed by atoms with E-state index in [0.717, 1.165) is 16.5 Å². The Balaban J connectivity index is 1.47. The van der Waals surface area contributed by atoms with Gasteiger partial charge in [-0.1, -0.05) is 36.8 Å². The van der Waals surface area contributed by atoms with E-state index in [2.05, 4.69) is 10.3 Å². The Morgan fingerprint density at radius 2 is 1.85 bits per heavy atom. The van der Waals surface area contributed by atoms with Gasteiger partial charge in [-0.3, -0.25) is 4.79 Å². The van der Waals surface area contributed by atoms with E-state index >= 15 is 0 Å². The standard InChI is InChI=1S/C22H22N2O3/c25-21(16-10-8-15(9-11-16)14-4-3-5-14)24-20(22(26)27)12-17-13-23-19-7-2-1-6-18(17)19/h1-2,6-11,13-14,20,23H,3-5,12H2,(H,24,25)(H,26,27). The minimum absolute atomic E-state index is 0.227. The van der Waals surface area contributed by atoms with Gasteiger partial charge >= 0.3 is 5.97 Å². The van der Waals surface area contributed by atoms with Gasteiger partial charge in [0.2, 0.25) is 0 Å². The highest BCUT2D eigenvalue weighted by molar-refractivity contribution is 5.97. The molecule has 5 heteroatoms. The number of carboxylic acids is 1. The van der Waals surface area contributed by atoms with Crippen LogP contribution in [0.4, 0.5) is 0 Å². The Morgan fingerprint density at radius 3 is 2.52 bits per heavy atom. The van der Waals surface area contributed by atoms with Crippen molar-refractivity contribution in [3.63, 3.8) is 0 Å². The van der Waals surface area contributed by atoms with Crippen LogP contribution in [0.25, 0.3) is 10.9 Å². The number of aromatic nitrogens is 1. The first-order valence-corrected chi connectivity index (χ1v) is 9.30. The van der Waals surface area contributed by atoms with E-state index in [0.29, 0.717) is 11.5 Å². The molecule has 3 N–H and O–H groups in total. The van der Waals surface area contributed by atoms with Crippen molar-refractivity contribution in [2.24, 2.45) is 0 Å². The van der Waals surface area contributed by atoms with Crippen molar-refractivity contribution in [3.05, 3.63) is 71.4 Å². The maximum absolute atomic E-state index is 12.5. The third kappa shape index (κ3) is 3.58. The number of amides is 1. The molecule has 1 aliphatic carbocycles. The zero-order valence-corrected chi connectivity index (χ0v) is 14.9. The molecule has 1 fully saturated rings. The third-order valence-corrected chi connectivity index (χ3v) is 5.45. The summed E-state index contributed by atoms with van der Waals surface area (Å²) in [5.41, 5.74) is 3.57. The Kier molecular flexibility index (Phi) is 4.67. The van der Waals surface area contributed by atoms with Gasteiger partial charge in [0.1, 0.15) is 6.04 Å². The largest absolute Gasteiger partial charge is 0.480 e. The number of fused-ring (bicyclic) bond motifs is 1. The lowest BCUT2D eigenvalue weighted by Gasteiger charge is -2.25. The maximum Gasteiger partial charge on any atom is 0.326 e. The molecule has 1 heterocycles. The molecule has 1 saturated carbocycles. The molecular formula is C22H22N2O3. The number of para-hydroxylation sites is 1. The van der Waals surface area contributed by atoms with Crippen LogP contribution in [0.3, 0.4) is 0 Å². The van der Waals surface area contributed by atoms with Gasteiger partial charge in [0, 0.05) is 29.1 Å². The van der Waals surface area contributed by atoms with Crippen LogP contribution < -0.4 is 5.32 Å². The number of H-pyrrole nitrogens is 1. The molecule has 4 rings (SSSR count). The fourth-order valence-corrected chi connectivity index (χ4v) is 3.61. The second-order valence-electron chi connectivity index (χ2n) is 7.18. The van der Waals surface area contributed by atoms with Gasteiger partial charge in [-0.05, 0) is 48.1 Å². The summed E-state index contributed by atoms with van der Waals surface area (Å²) in [6.45, 7) is 0. The Bertz CT molecular complexity index is 971. The first-order valence-electron chi connectivity index (χ1n) is 9.30. The molecule has 0 radical (unpaired) electrons. The summed E-state index contributed by atoms with van der Waals surface area (Å²) >= 11 is 0. The lowest BCUT2D eigenvalue weighted by Crippen LogP contribution is -2.42. The van der Waals surface area contributed by atoms with E-state index in [9.17, 15) is 14.7 Å². The van der Waals surface area contributed by atoms with Crippen LogP contribution in [0.2, 0.25) is 0 Å². The highest BCUT2D eigenvalue weighted by atomic mass is 16.4. The Hall–Kier alpha value is -3.08. The molecule has 0 spiro atoms. The molecule has 2 aromatic carbocycles. The number of carbonyl (C=O) groups is 2. The average molecular weight is 362 g/mol. The Morgan fingerprint density at radius 1 is 1.11 bits per heavy atom. The van der Waals surface area contributed by atoms with E-state index in [4.69, 9.17) is 0 Å². The lowest BCUT2D eigenvalue weighted by atomic mass is 9.80. The molecular weight excluding hydrogens is 340 g/mol. The molecule has 1 atom stereocenters. The van der Waals surface area contributed by atoms with E-state index < -0.39 is 12.0 Å². The van der Waals surface area contributed by atoms with E-state index in [1.807, 2.05) is 36.4 Å². The number of aliphatic carboxylic acids is 1. The zero-order chi connectivity index (χ0) is 18.8. The number of rotatable bonds is 6. The first kappa shape index (κ1) is 17.3. The van der Waals surface area contributed by atoms with Crippen LogP contribution in [0, 0.1) is 0 Å². The van der Waals surface area contributed by atoms with Crippen LogP contribution in [0.15, 0.2) is 54.7 Å². The summed E-state index contributed by atoms with van der Waals surface area (Å²) < 4.78 is 0. The second-order valence-corrected chi connectivity index (χ2v) is 7.18. The number of hydrogen-bond acceptors (Lipinski definition) is 2. The number of nitrogens with one attached hydrogen (secondary N) is 2. The number of carboxylic acid groups (broad SMARTS) is 1. The van der Waals surface area contributed by atoms with Crippen molar-refractivity contribution >= 4 is 22.8 Å². The Labute approximate surface area is 157 Å². The van der Waals surface area contributed by atoms with Crippen LogP contribution in [-0.4, -0.2) is 28.0 Å². The van der Waals surface area contributed by atoms with Crippen molar-refractivity contribution in [2.45, 2.75) is 37.6 Å². The number of carbonyl (C=O) groups excluding carboxylic acids is 1. The van der Waals surface area contributed by atoms with Crippen molar-refractivity contribution in [3.8, 4) is 0 Å². The van der Waals surface area contributed by atoms with E-state index in [1.165, 1.54) is 24.8 Å². The number of hydrogen-bond donors (Lipinski definition) is 3. The van der Waals surface area contributed by atoms with Crippen molar-refractivity contribution in [2.75, 3.05) is 0 Å². The minimum atomic E-state index is -1.04. The summed E-state index contributed by atoms with van der Waals surface area (Å²) in [4.78, 5) is 27.4. The molecule has 1 unspecified atom stereocenters. The molecule has 138 valence electrons. The molecule has 1 aromatic heterocycles. The van der Waals surface area contributed by atoms with Crippen molar-refractivity contribution in [1.29, 1.82) is 0 Å². The smallest absolute Gasteiger partial charge is 0.326 e. The highest BCUT2D eigenvalue weighted by Crippen LogP contribution is 2.36. The summed E-state index contributed by atoms with van der Waals surface area (Å²) in [6.07, 6.45) is 5.71. The predicted molar refractivity (Wildman–Crippen MR) is 104 cm³/mol. The van der Waals surface area contributed by atoms with Gasteiger partial charge < -0.3 is 15.4 Å². The highest BCUT2D eigenvalue weighted by Gasteiger charge is 2.23. The summed E-state index contributed by atoms with van der Waals surface area (Å²) in [7, 11) is 0. The molecule has 5 nitrogen and oxygen atoms in total. The molecule has 0 bridgehead atoms. The van der Waals surface area contributed by atoms with Crippen LogP contribution >= 0.6 is 0 Å². The van der Waals surface area contributed by atoms with Gasteiger partial charge in [0.25, 0.3) is 5.91 Å². The molecule has 3 aromatic rings. The molecule has 27 heavy (non-hydrogen) atoms. The quantitative estimate of drug-likeness (QED) is 0.623. The van der Waals surface area contributed by atoms with E-state index in [-0.39, 0.29) is 12.3 Å². The number of aromatic amines is 1. The normalized spacial score (nSPS) is 15.3. The SMILES string of the molecule is O=C(NC(Cc1c[nH]c2ccccc12)C(=O)O)c1ccc(C2CCC2)cc1. The van der Waals surface area contributed by atoms with Gasteiger partial charge in [-0.25, -0.2) is 4.79 Å². The molecule has 1 aliphatic rings. The minimum Gasteiger partial charge on any atom is -0.480 e. The fraction of sp³-hybridized carbons (Fsp3) is 0.273. The second kappa shape index (κ2) is 7.27. The lowest BCUT2D eigenvalue weighted by molar-refractivity contribution is -0.139. The maximum atomic E-state index is 12.5. The van der Waals surface area contributed by atoms with Crippen molar-refractivity contribution in [1.82, 2.24) is 10.3 Å².